The van der Waals surface area contributed by atoms with Gasteiger partial charge in [-0.3, -0.25) is 9.89 Å². The third-order valence-electron chi connectivity index (χ3n) is 4.53. The van der Waals surface area contributed by atoms with E-state index in [1.165, 1.54) is 0 Å². The van der Waals surface area contributed by atoms with Crippen molar-refractivity contribution < 1.29 is 9.90 Å². The Morgan fingerprint density at radius 3 is 2.73 bits per heavy atom. The number of aliphatic hydroxyl groups excluding tert-OH is 1. The normalized spacial score (nSPS) is 18.0. The maximum Gasteiger partial charge on any atom is 0.257 e. The van der Waals surface area contributed by atoms with Crippen LogP contribution in [0.5, 0.6) is 0 Å². The summed E-state index contributed by atoms with van der Waals surface area (Å²) in [5.41, 5.74) is 1.65. The van der Waals surface area contributed by atoms with Crippen LogP contribution in [0.15, 0.2) is 6.20 Å². The number of carbonyl (C=O) groups excluding carboxylic acids is 1. The van der Waals surface area contributed by atoms with Crippen LogP contribution in [-0.4, -0.2) is 45.3 Å². The minimum Gasteiger partial charge on any atom is -0.393 e. The molecule has 0 radical (unpaired) electrons. The number of H-pyrrole nitrogens is 1. The Labute approximate surface area is 133 Å². The van der Waals surface area contributed by atoms with Gasteiger partial charge in [-0.1, -0.05) is 27.2 Å². The zero-order valence-corrected chi connectivity index (χ0v) is 14.0. The first-order valence-electron chi connectivity index (χ1n) is 8.52. The van der Waals surface area contributed by atoms with Gasteiger partial charge in [0.15, 0.2) is 0 Å². The average Bonchev–Trinajstić information content (AvgIpc) is 2.94. The number of rotatable bonds is 6. The quantitative estimate of drug-likeness (QED) is 0.849. The predicted molar refractivity (Wildman–Crippen MR) is 86.7 cm³/mol. The smallest absolute Gasteiger partial charge is 0.257 e. The van der Waals surface area contributed by atoms with Gasteiger partial charge < -0.3 is 10.0 Å². The second-order valence-corrected chi connectivity index (χ2v) is 6.84. The number of nitrogens with one attached hydrogen (secondary N) is 1. The van der Waals surface area contributed by atoms with Gasteiger partial charge in [-0.15, -0.1) is 0 Å². The molecule has 0 aliphatic carbocycles. The molecule has 0 bridgehead atoms. The fraction of sp³-hybridized carbons (Fsp3) is 0.765. The Hall–Kier alpha value is -1.36. The van der Waals surface area contributed by atoms with Crippen molar-refractivity contribution >= 4 is 5.91 Å². The maximum atomic E-state index is 12.6. The molecular formula is C17H29N3O2. The highest BCUT2D eigenvalue weighted by atomic mass is 16.3. The molecular weight excluding hydrogens is 278 g/mol. The van der Waals surface area contributed by atoms with E-state index in [0.717, 1.165) is 50.9 Å². The van der Waals surface area contributed by atoms with Gasteiger partial charge in [0.05, 0.1) is 17.9 Å². The molecule has 0 spiro atoms. The van der Waals surface area contributed by atoms with E-state index in [-0.39, 0.29) is 12.0 Å². The van der Waals surface area contributed by atoms with Gasteiger partial charge in [0.25, 0.3) is 5.91 Å². The van der Waals surface area contributed by atoms with E-state index >= 15 is 0 Å². The lowest BCUT2D eigenvalue weighted by molar-refractivity contribution is 0.0384. The van der Waals surface area contributed by atoms with Crippen LogP contribution < -0.4 is 0 Å². The lowest BCUT2D eigenvalue weighted by atomic mass is 9.87. The number of aromatic nitrogens is 2. The Morgan fingerprint density at radius 1 is 1.45 bits per heavy atom. The molecule has 22 heavy (non-hydrogen) atoms. The van der Waals surface area contributed by atoms with Crippen LogP contribution in [0.4, 0.5) is 0 Å². The fourth-order valence-corrected chi connectivity index (χ4v) is 3.27. The Morgan fingerprint density at radius 2 is 2.14 bits per heavy atom. The third-order valence-corrected chi connectivity index (χ3v) is 4.53. The summed E-state index contributed by atoms with van der Waals surface area (Å²) in [6.45, 7) is 7.83. The first-order chi connectivity index (χ1) is 10.5. The van der Waals surface area contributed by atoms with Crippen molar-refractivity contribution in [2.75, 3.05) is 13.1 Å². The molecule has 2 N–H and O–H groups in total. The minimum absolute atomic E-state index is 0.0778. The van der Waals surface area contributed by atoms with Gasteiger partial charge in [0.2, 0.25) is 0 Å². The number of aliphatic hydroxyl groups is 1. The molecule has 1 aliphatic heterocycles. The number of aryl methyl sites for hydroxylation is 1. The Balaban J connectivity index is 1.91. The number of aromatic amines is 1. The average molecular weight is 307 g/mol. The van der Waals surface area contributed by atoms with E-state index in [1.54, 1.807) is 6.20 Å². The Bertz CT molecular complexity index is 476. The summed E-state index contributed by atoms with van der Waals surface area (Å²) in [5.74, 6) is 0.914. The third kappa shape index (κ3) is 4.09. The summed E-state index contributed by atoms with van der Waals surface area (Å²) >= 11 is 0. The highest BCUT2D eigenvalue weighted by molar-refractivity contribution is 5.95. The molecule has 0 unspecified atom stereocenters. The monoisotopic (exact) mass is 307 g/mol. The molecule has 1 atom stereocenters. The first kappa shape index (κ1) is 17.0. The number of carbonyl (C=O) groups is 1. The molecule has 5 nitrogen and oxygen atoms in total. The van der Waals surface area contributed by atoms with E-state index in [2.05, 4.69) is 31.0 Å². The zero-order chi connectivity index (χ0) is 16.1. The minimum atomic E-state index is -0.234. The van der Waals surface area contributed by atoms with Crippen LogP contribution in [0, 0.1) is 11.8 Å². The molecule has 5 heteroatoms. The van der Waals surface area contributed by atoms with Gasteiger partial charge in [-0.05, 0) is 37.5 Å². The number of nitrogens with zero attached hydrogens (tertiary/aromatic N) is 2. The van der Waals surface area contributed by atoms with E-state index in [4.69, 9.17) is 0 Å². The van der Waals surface area contributed by atoms with Crippen LogP contribution in [0.25, 0.3) is 0 Å². The number of hydrogen-bond acceptors (Lipinski definition) is 3. The summed E-state index contributed by atoms with van der Waals surface area (Å²) in [6.07, 6.45) is 5.88. The summed E-state index contributed by atoms with van der Waals surface area (Å²) in [6, 6.07) is 0. The van der Waals surface area contributed by atoms with E-state index in [9.17, 15) is 9.90 Å². The molecule has 0 aromatic carbocycles. The van der Waals surface area contributed by atoms with Crippen molar-refractivity contribution in [3.05, 3.63) is 17.5 Å². The van der Waals surface area contributed by atoms with Crippen molar-refractivity contribution in [2.24, 2.45) is 11.8 Å². The number of hydrogen-bond donors (Lipinski definition) is 2. The van der Waals surface area contributed by atoms with Gasteiger partial charge in [-0.25, -0.2) is 0 Å². The molecule has 1 aromatic rings. The van der Waals surface area contributed by atoms with Crippen LogP contribution >= 0.6 is 0 Å². The first-order valence-corrected chi connectivity index (χ1v) is 8.52. The van der Waals surface area contributed by atoms with Gasteiger partial charge >= 0.3 is 0 Å². The lowest BCUT2D eigenvalue weighted by Crippen LogP contribution is -2.41. The molecule has 2 rings (SSSR count). The molecule has 1 saturated heterocycles. The standard InChI is InChI=1S/C17H29N3O2/c1-4-5-15-14(11-18-19-15)17(22)20-8-6-13(7-9-20)16(21)10-12(2)3/h11-13,16,21H,4-10H2,1-3H3,(H,18,19)/t16-/m0/s1. The fourth-order valence-electron chi connectivity index (χ4n) is 3.27. The summed E-state index contributed by atoms with van der Waals surface area (Å²) in [4.78, 5) is 14.5. The molecule has 1 amide bonds. The van der Waals surface area contributed by atoms with Crippen molar-refractivity contribution in [2.45, 2.75) is 59.0 Å². The van der Waals surface area contributed by atoms with Gasteiger partial charge in [0.1, 0.15) is 0 Å². The van der Waals surface area contributed by atoms with E-state index < -0.39 is 0 Å². The topological polar surface area (TPSA) is 69.2 Å². The summed E-state index contributed by atoms with van der Waals surface area (Å²) in [7, 11) is 0. The molecule has 0 saturated carbocycles. The second-order valence-electron chi connectivity index (χ2n) is 6.84. The predicted octanol–water partition coefficient (Wildman–Crippen LogP) is 2.62. The van der Waals surface area contributed by atoms with Gasteiger partial charge in [-0.2, -0.15) is 5.10 Å². The zero-order valence-electron chi connectivity index (χ0n) is 14.0. The van der Waals surface area contributed by atoms with Crippen molar-refractivity contribution in [3.63, 3.8) is 0 Å². The van der Waals surface area contributed by atoms with E-state index in [0.29, 0.717) is 17.4 Å². The van der Waals surface area contributed by atoms with Crippen molar-refractivity contribution in [1.29, 1.82) is 0 Å². The van der Waals surface area contributed by atoms with Crippen LogP contribution in [0.3, 0.4) is 0 Å². The number of piperidine rings is 1. The Kier molecular flexibility index (Phi) is 6.00. The highest BCUT2D eigenvalue weighted by Crippen LogP contribution is 2.25. The van der Waals surface area contributed by atoms with Crippen molar-refractivity contribution in [3.8, 4) is 0 Å². The number of likely N-dealkylation sites (tertiary alicyclic amines) is 1. The van der Waals surface area contributed by atoms with Crippen molar-refractivity contribution in [1.82, 2.24) is 15.1 Å². The summed E-state index contributed by atoms with van der Waals surface area (Å²) in [5, 5.41) is 17.2. The van der Waals surface area contributed by atoms with Crippen LogP contribution in [0.1, 0.15) is 62.5 Å². The van der Waals surface area contributed by atoms with E-state index in [1.807, 2.05) is 4.90 Å². The highest BCUT2D eigenvalue weighted by Gasteiger charge is 2.29. The number of amides is 1. The maximum absolute atomic E-state index is 12.6. The SMILES string of the molecule is CCCc1[nH]ncc1C(=O)N1CCC([C@@H](O)CC(C)C)CC1. The molecule has 2 heterocycles. The molecule has 1 aliphatic rings. The second kappa shape index (κ2) is 7.77. The van der Waals surface area contributed by atoms with Crippen LogP contribution in [-0.2, 0) is 6.42 Å². The van der Waals surface area contributed by atoms with Crippen LogP contribution in [0.2, 0.25) is 0 Å². The molecule has 124 valence electrons. The summed E-state index contributed by atoms with van der Waals surface area (Å²) < 4.78 is 0. The van der Waals surface area contributed by atoms with Gasteiger partial charge in [0, 0.05) is 18.8 Å². The molecule has 1 fully saturated rings. The lowest BCUT2D eigenvalue weighted by Gasteiger charge is -2.34. The molecule has 1 aromatic heterocycles. The largest absolute Gasteiger partial charge is 0.393 e.